The molecule has 15 heteroatoms. The van der Waals surface area contributed by atoms with E-state index < -0.39 is 78.5 Å². The van der Waals surface area contributed by atoms with Crippen LogP contribution in [-0.4, -0.2) is 73.8 Å². The maximum absolute atomic E-state index is 12.9. The smallest absolute Gasteiger partial charge is 0.383 e. The van der Waals surface area contributed by atoms with E-state index in [9.17, 15) is 28.8 Å². The van der Waals surface area contributed by atoms with Crippen molar-refractivity contribution < 1.29 is 66.3 Å². The van der Waals surface area contributed by atoms with E-state index in [0.717, 1.165) is 53.9 Å². The number of esters is 5. The zero-order valence-corrected chi connectivity index (χ0v) is 26.5. The average Bonchev–Trinajstić information content (AvgIpc) is 2.95. The molecular weight excluding hydrogens is 612 g/mol. The van der Waals surface area contributed by atoms with Crippen LogP contribution in [0.3, 0.4) is 0 Å². The molecule has 46 heavy (non-hydrogen) atoms. The third-order valence-electron chi connectivity index (χ3n) is 6.48. The van der Waals surface area contributed by atoms with Crippen LogP contribution < -0.4 is 19.8 Å². The summed E-state index contributed by atoms with van der Waals surface area (Å²) in [4.78, 5) is 72.3. The van der Waals surface area contributed by atoms with Crippen LogP contribution in [0.15, 0.2) is 27.4 Å². The van der Waals surface area contributed by atoms with Gasteiger partial charge in [-0.3, -0.25) is 24.0 Å². The number of fused-ring (bicyclic) bond motifs is 1. The molecule has 0 spiro atoms. The molecule has 15 nitrogen and oxygen atoms in total. The summed E-state index contributed by atoms with van der Waals surface area (Å²) in [5.74, 6) is -4.15. The zero-order valence-electron chi connectivity index (χ0n) is 26.5. The lowest BCUT2D eigenvalue weighted by molar-refractivity contribution is -0.288. The number of benzene rings is 1. The van der Waals surface area contributed by atoms with Crippen LogP contribution in [0.4, 0.5) is 0 Å². The molecule has 0 saturated carbocycles. The van der Waals surface area contributed by atoms with Crippen LogP contribution in [0.1, 0.15) is 67.2 Å². The Kier molecular flexibility index (Phi) is 12.9. The Morgan fingerprint density at radius 3 is 2.02 bits per heavy atom. The third-order valence-corrected chi connectivity index (χ3v) is 6.48. The summed E-state index contributed by atoms with van der Waals surface area (Å²) in [6, 6.07) is 4.28. The average molecular weight is 651 g/mol. The first-order chi connectivity index (χ1) is 21.8. The molecular formula is C31H38O15. The number of carbonyl (C=O) groups is 5. The van der Waals surface area contributed by atoms with Crippen molar-refractivity contribution in [1.82, 2.24) is 0 Å². The first-order valence-electron chi connectivity index (χ1n) is 14.7. The van der Waals surface area contributed by atoms with Gasteiger partial charge in [0, 0.05) is 40.7 Å². The molecule has 0 unspecified atom stereocenters. The van der Waals surface area contributed by atoms with Gasteiger partial charge >= 0.3 is 35.5 Å². The van der Waals surface area contributed by atoms with Crippen LogP contribution >= 0.6 is 0 Å². The molecule has 2 heterocycles. The van der Waals surface area contributed by atoms with Gasteiger partial charge in [-0.05, 0) is 18.6 Å². The van der Waals surface area contributed by atoms with Gasteiger partial charge in [0.25, 0.3) is 5.75 Å². The van der Waals surface area contributed by atoms with Gasteiger partial charge in [0.2, 0.25) is 12.4 Å². The Labute approximate surface area is 264 Å². The fraction of sp³-hybridized carbons (Fsp3) is 0.548. The minimum atomic E-state index is -1.51. The number of rotatable bonds is 14. The summed E-state index contributed by atoms with van der Waals surface area (Å²) < 4.78 is 49.7. The molecule has 1 aromatic heterocycles. The van der Waals surface area contributed by atoms with E-state index in [4.69, 9.17) is 42.3 Å². The summed E-state index contributed by atoms with van der Waals surface area (Å²) in [6.45, 7) is 7.47. The van der Waals surface area contributed by atoms with Gasteiger partial charge in [-0.1, -0.05) is 26.2 Å². The van der Waals surface area contributed by atoms with Crippen LogP contribution in [0, 0.1) is 0 Å². The van der Waals surface area contributed by atoms with Gasteiger partial charge in [-0.25, -0.2) is 4.79 Å². The Balaban J connectivity index is 2.04. The van der Waals surface area contributed by atoms with Crippen molar-refractivity contribution >= 4 is 40.8 Å². The highest BCUT2D eigenvalue weighted by Gasteiger charge is 2.53. The van der Waals surface area contributed by atoms with E-state index in [2.05, 4.69) is 6.92 Å². The third kappa shape index (κ3) is 9.92. The van der Waals surface area contributed by atoms with E-state index in [-0.39, 0.29) is 23.7 Å². The molecule has 1 aliphatic heterocycles. The van der Waals surface area contributed by atoms with E-state index in [0.29, 0.717) is 11.8 Å². The second-order valence-corrected chi connectivity index (χ2v) is 10.4. The lowest BCUT2D eigenvalue weighted by atomic mass is 9.98. The highest BCUT2D eigenvalue weighted by atomic mass is 16.7. The minimum Gasteiger partial charge on any atom is -0.489 e. The fourth-order valence-corrected chi connectivity index (χ4v) is 4.71. The van der Waals surface area contributed by atoms with Gasteiger partial charge in [0.15, 0.2) is 18.0 Å². The lowest BCUT2D eigenvalue weighted by Gasteiger charge is -2.43. The predicted molar refractivity (Wildman–Crippen MR) is 156 cm³/mol. The van der Waals surface area contributed by atoms with Crippen molar-refractivity contribution in [2.75, 3.05) is 13.2 Å². The molecule has 5 atom stereocenters. The van der Waals surface area contributed by atoms with Gasteiger partial charge in [-0.15, -0.1) is 0 Å². The van der Waals surface area contributed by atoms with E-state index in [1.54, 1.807) is 0 Å². The second kappa shape index (κ2) is 16.6. The standard InChI is InChI=1S/C31H38O15/c1-7-8-9-10-13-38-25-22-12-11-21(14-23(22)45-30(37)28(25)42-19(5)35)44-31-29(43-20(6)36)27(41-18(4)34)26(40-17(3)33)24(46-31)15-39-16(2)32/h11-12,14,24,26-27,29,31H,7-10,13,15H2,1-6H3/t24-,26-,27+,29-,31-/m1/s1. The van der Waals surface area contributed by atoms with Gasteiger partial charge in [0.05, 0.1) is 12.0 Å². The molecule has 1 aliphatic rings. The van der Waals surface area contributed by atoms with Crippen molar-refractivity contribution in [1.29, 1.82) is 0 Å². The van der Waals surface area contributed by atoms with Crippen LogP contribution in [0.5, 0.6) is 17.2 Å². The van der Waals surface area contributed by atoms with Crippen molar-refractivity contribution in [3.8, 4) is 17.2 Å². The first kappa shape index (κ1) is 35.8. The van der Waals surface area contributed by atoms with Crippen LogP contribution in [0.2, 0.25) is 0 Å². The Bertz CT molecular complexity index is 1480. The molecule has 1 fully saturated rings. The van der Waals surface area contributed by atoms with Crippen molar-refractivity contribution in [2.45, 2.75) is 97.9 Å². The Hall–Kier alpha value is -4.66. The Morgan fingerprint density at radius 1 is 0.761 bits per heavy atom. The molecule has 0 radical (unpaired) electrons. The van der Waals surface area contributed by atoms with Gasteiger partial charge in [0.1, 0.15) is 24.0 Å². The summed E-state index contributed by atoms with van der Waals surface area (Å²) in [5.41, 5.74) is -0.983. The highest BCUT2D eigenvalue weighted by Crippen LogP contribution is 2.36. The minimum absolute atomic E-state index is 0.00686. The Morgan fingerprint density at radius 2 is 1.41 bits per heavy atom. The summed E-state index contributed by atoms with van der Waals surface area (Å²) >= 11 is 0. The molecule has 2 aromatic rings. The number of ether oxygens (including phenoxy) is 8. The van der Waals surface area contributed by atoms with Crippen molar-refractivity contribution in [3.63, 3.8) is 0 Å². The summed E-state index contributed by atoms with van der Waals surface area (Å²) in [6.07, 6.45) is -3.43. The maximum Gasteiger partial charge on any atom is 0.383 e. The predicted octanol–water partition coefficient (Wildman–Crippen LogP) is 3.14. The summed E-state index contributed by atoms with van der Waals surface area (Å²) in [7, 11) is 0. The molecule has 0 amide bonds. The highest BCUT2D eigenvalue weighted by molar-refractivity contribution is 5.87. The van der Waals surface area contributed by atoms with Crippen molar-refractivity contribution in [3.05, 3.63) is 28.6 Å². The van der Waals surface area contributed by atoms with E-state index in [1.807, 2.05) is 0 Å². The monoisotopic (exact) mass is 650 g/mol. The lowest BCUT2D eigenvalue weighted by Crippen LogP contribution is -2.63. The normalized spacial score (nSPS) is 20.7. The topological polar surface area (TPSA) is 189 Å². The molecule has 0 bridgehead atoms. The number of hydrogen-bond acceptors (Lipinski definition) is 15. The largest absolute Gasteiger partial charge is 0.489 e. The maximum atomic E-state index is 12.9. The molecule has 0 N–H and O–H groups in total. The van der Waals surface area contributed by atoms with E-state index >= 15 is 0 Å². The second-order valence-electron chi connectivity index (χ2n) is 10.4. The zero-order chi connectivity index (χ0) is 34.0. The van der Waals surface area contributed by atoms with Crippen LogP contribution in [-0.2, 0) is 47.7 Å². The molecule has 0 aliphatic carbocycles. The quantitative estimate of drug-likeness (QED) is 0.125. The number of unbranched alkanes of at least 4 members (excludes halogenated alkanes) is 3. The molecule has 1 aromatic carbocycles. The molecule has 3 rings (SSSR count). The molecule has 252 valence electrons. The molecule has 1 saturated heterocycles. The SMILES string of the molecule is CCCCCCOc1c(OC(C)=O)c(=O)oc2cc(O[C@@H]3O[C@H](COC(C)=O)[C@@H](OC(C)=O)[C@H](OC(C)=O)[C@H]3OC(C)=O)ccc12. The van der Waals surface area contributed by atoms with Crippen LogP contribution in [0.25, 0.3) is 11.0 Å². The van der Waals surface area contributed by atoms with E-state index in [1.165, 1.54) is 18.2 Å². The number of carbonyl (C=O) groups excluding carboxylic acids is 5. The summed E-state index contributed by atoms with van der Waals surface area (Å²) in [5, 5.41) is 0.292. The van der Waals surface area contributed by atoms with Gasteiger partial charge < -0.3 is 42.3 Å². The fourth-order valence-electron chi connectivity index (χ4n) is 4.71. The first-order valence-corrected chi connectivity index (χ1v) is 14.7. The van der Waals surface area contributed by atoms with Crippen molar-refractivity contribution in [2.24, 2.45) is 0 Å². The van der Waals surface area contributed by atoms with Gasteiger partial charge in [-0.2, -0.15) is 0 Å². The number of hydrogen-bond donors (Lipinski definition) is 0.